The van der Waals surface area contributed by atoms with Crippen LogP contribution in [-0.4, -0.2) is 12.9 Å². The van der Waals surface area contributed by atoms with Crippen LogP contribution in [0.1, 0.15) is 41.9 Å². The zero-order chi connectivity index (χ0) is 18.5. The van der Waals surface area contributed by atoms with Gasteiger partial charge in [0, 0.05) is 29.2 Å². The summed E-state index contributed by atoms with van der Waals surface area (Å²) in [5.41, 5.74) is 8.62. The highest BCUT2D eigenvalue weighted by Crippen LogP contribution is 2.53. The molecule has 1 aliphatic heterocycles. The molecular formula is C24H21NO2. The molecule has 0 radical (unpaired) electrons. The number of hydrogen-bond donors (Lipinski definition) is 1. The highest BCUT2D eigenvalue weighted by molar-refractivity contribution is 6.07. The van der Waals surface area contributed by atoms with E-state index in [0.717, 1.165) is 57.8 Å². The molecule has 0 saturated heterocycles. The molecule has 0 fully saturated rings. The number of nitrogens with one attached hydrogen (secondary N) is 1. The molecule has 27 heavy (non-hydrogen) atoms. The Morgan fingerprint density at radius 2 is 1.85 bits per heavy atom. The number of dihydropyridines is 1. The summed E-state index contributed by atoms with van der Waals surface area (Å²) in [5, 5.41) is 3.61. The van der Waals surface area contributed by atoms with E-state index in [9.17, 15) is 4.79 Å². The second kappa shape index (κ2) is 5.98. The number of Topliss-reactive ketones (excluding diaryl/α,β-unsaturated/α-hetero) is 1. The third kappa shape index (κ3) is 2.31. The first-order valence-corrected chi connectivity index (χ1v) is 9.39. The van der Waals surface area contributed by atoms with Crippen molar-refractivity contribution in [3.8, 4) is 5.75 Å². The van der Waals surface area contributed by atoms with Crippen molar-refractivity contribution in [3.63, 3.8) is 0 Å². The fraction of sp³-hybridized carbons (Fsp3) is 0.208. The molecule has 2 aromatic rings. The molecule has 3 aliphatic rings. The fourth-order valence-electron chi connectivity index (χ4n) is 4.64. The maximum absolute atomic E-state index is 13.0. The molecule has 3 nitrogen and oxygen atoms in total. The van der Waals surface area contributed by atoms with Gasteiger partial charge in [-0.1, -0.05) is 43.0 Å². The quantitative estimate of drug-likeness (QED) is 0.839. The number of rotatable bonds is 2. The van der Waals surface area contributed by atoms with Crippen LogP contribution in [0.5, 0.6) is 5.75 Å². The minimum atomic E-state index is -0.0981. The Morgan fingerprint density at radius 3 is 2.67 bits per heavy atom. The second-order valence-corrected chi connectivity index (χ2v) is 7.32. The van der Waals surface area contributed by atoms with Gasteiger partial charge < -0.3 is 10.1 Å². The predicted octanol–water partition coefficient (Wildman–Crippen LogP) is 4.83. The average Bonchev–Trinajstić information content (AvgIpc) is 2.99. The highest BCUT2D eigenvalue weighted by atomic mass is 16.5. The summed E-state index contributed by atoms with van der Waals surface area (Å²) in [4.78, 5) is 13.0. The number of carbonyl (C=O) groups excluding carboxylic acids is 1. The Morgan fingerprint density at radius 1 is 1.04 bits per heavy atom. The monoisotopic (exact) mass is 355 g/mol. The first-order valence-electron chi connectivity index (χ1n) is 9.39. The SMILES string of the molecule is C=C1C2=C(NC3=C(C(=O)CCC3)C2c2cccc(OC)c2)c2ccccc21. The van der Waals surface area contributed by atoms with E-state index < -0.39 is 0 Å². The van der Waals surface area contributed by atoms with Crippen LogP contribution in [0, 0.1) is 0 Å². The molecule has 0 amide bonds. The van der Waals surface area contributed by atoms with Crippen molar-refractivity contribution >= 4 is 17.1 Å². The molecule has 134 valence electrons. The molecule has 1 unspecified atom stereocenters. The molecule has 2 aromatic carbocycles. The van der Waals surface area contributed by atoms with Crippen molar-refractivity contribution in [2.45, 2.75) is 25.2 Å². The molecule has 0 bridgehead atoms. The topological polar surface area (TPSA) is 38.3 Å². The van der Waals surface area contributed by atoms with Gasteiger partial charge in [0.15, 0.2) is 5.78 Å². The van der Waals surface area contributed by atoms with Crippen LogP contribution in [-0.2, 0) is 4.79 Å². The van der Waals surface area contributed by atoms with Crippen molar-refractivity contribution < 1.29 is 9.53 Å². The molecular weight excluding hydrogens is 334 g/mol. The summed E-state index contributed by atoms with van der Waals surface area (Å²) in [6, 6.07) is 16.4. The van der Waals surface area contributed by atoms with Crippen LogP contribution in [0.4, 0.5) is 0 Å². The molecule has 1 atom stereocenters. The normalized spacial score (nSPS) is 20.9. The summed E-state index contributed by atoms with van der Waals surface area (Å²) in [6.45, 7) is 4.40. The van der Waals surface area contributed by atoms with Crippen LogP contribution in [0.25, 0.3) is 11.3 Å². The zero-order valence-electron chi connectivity index (χ0n) is 15.3. The lowest BCUT2D eigenvalue weighted by Crippen LogP contribution is -2.30. The van der Waals surface area contributed by atoms with Crippen molar-refractivity contribution in [3.05, 3.63) is 88.6 Å². The Hall–Kier alpha value is -3.07. The van der Waals surface area contributed by atoms with E-state index in [2.05, 4.69) is 36.2 Å². The van der Waals surface area contributed by atoms with E-state index >= 15 is 0 Å². The van der Waals surface area contributed by atoms with Crippen LogP contribution >= 0.6 is 0 Å². The maximum Gasteiger partial charge on any atom is 0.161 e. The minimum absolute atomic E-state index is 0.0981. The van der Waals surface area contributed by atoms with Gasteiger partial charge in [0.05, 0.1) is 12.8 Å². The van der Waals surface area contributed by atoms with Crippen molar-refractivity contribution in [1.29, 1.82) is 0 Å². The minimum Gasteiger partial charge on any atom is -0.497 e. The molecule has 5 rings (SSSR count). The first-order chi connectivity index (χ1) is 13.2. The number of benzene rings is 2. The zero-order valence-corrected chi connectivity index (χ0v) is 15.3. The number of fused-ring (bicyclic) bond motifs is 2. The van der Waals surface area contributed by atoms with Gasteiger partial charge in [-0.15, -0.1) is 0 Å². The summed E-state index contributed by atoms with van der Waals surface area (Å²) < 4.78 is 5.45. The van der Waals surface area contributed by atoms with Gasteiger partial charge in [-0.3, -0.25) is 4.79 Å². The molecule has 3 heteroatoms. The Labute approximate surface area is 159 Å². The number of hydrogen-bond acceptors (Lipinski definition) is 3. The largest absolute Gasteiger partial charge is 0.497 e. The average molecular weight is 355 g/mol. The lowest BCUT2D eigenvalue weighted by atomic mass is 9.74. The van der Waals surface area contributed by atoms with Crippen LogP contribution in [0.15, 0.2) is 72.0 Å². The van der Waals surface area contributed by atoms with Crippen LogP contribution in [0.3, 0.4) is 0 Å². The number of carbonyl (C=O) groups is 1. The van der Waals surface area contributed by atoms with E-state index in [1.54, 1.807) is 7.11 Å². The highest BCUT2D eigenvalue weighted by Gasteiger charge is 2.41. The van der Waals surface area contributed by atoms with Gasteiger partial charge in [0.2, 0.25) is 0 Å². The molecule has 2 aliphatic carbocycles. The first kappa shape index (κ1) is 16.1. The standard InChI is InChI=1S/C24H21NO2/c1-14-17-9-3-4-10-18(17)24-21(14)22(15-7-5-8-16(13-15)27-2)23-19(25-24)11-6-12-20(23)26/h3-5,7-10,13,22,25H,1,6,11-12H2,2H3. The Bertz CT molecular complexity index is 1060. The van der Waals surface area contributed by atoms with E-state index in [1.165, 1.54) is 5.56 Å². The van der Waals surface area contributed by atoms with E-state index in [0.29, 0.717) is 6.42 Å². The lowest BCUT2D eigenvalue weighted by Gasteiger charge is -2.34. The van der Waals surface area contributed by atoms with Gasteiger partial charge in [0.25, 0.3) is 0 Å². The molecule has 1 heterocycles. The van der Waals surface area contributed by atoms with Crippen LogP contribution in [0.2, 0.25) is 0 Å². The van der Waals surface area contributed by atoms with Gasteiger partial charge in [0.1, 0.15) is 5.75 Å². The lowest BCUT2D eigenvalue weighted by molar-refractivity contribution is -0.116. The number of ketones is 1. The van der Waals surface area contributed by atoms with Gasteiger partial charge >= 0.3 is 0 Å². The summed E-state index contributed by atoms with van der Waals surface area (Å²) in [7, 11) is 1.67. The molecule has 1 N–H and O–H groups in total. The number of methoxy groups -OCH3 is 1. The Balaban J connectivity index is 1.75. The van der Waals surface area contributed by atoms with Crippen LogP contribution < -0.4 is 10.1 Å². The summed E-state index contributed by atoms with van der Waals surface area (Å²) in [6.07, 6.45) is 2.43. The van der Waals surface area contributed by atoms with Crippen molar-refractivity contribution in [1.82, 2.24) is 5.32 Å². The summed E-state index contributed by atoms with van der Waals surface area (Å²) >= 11 is 0. The molecule has 0 spiro atoms. The summed E-state index contributed by atoms with van der Waals surface area (Å²) in [5.74, 6) is 0.950. The third-order valence-electron chi connectivity index (χ3n) is 5.85. The second-order valence-electron chi connectivity index (χ2n) is 7.32. The molecule has 0 aromatic heterocycles. The van der Waals surface area contributed by atoms with Crippen molar-refractivity contribution in [2.75, 3.05) is 7.11 Å². The predicted molar refractivity (Wildman–Crippen MR) is 107 cm³/mol. The van der Waals surface area contributed by atoms with Gasteiger partial charge in [-0.2, -0.15) is 0 Å². The molecule has 0 saturated carbocycles. The van der Waals surface area contributed by atoms with E-state index in [1.807, 2.05) is 24.3 Å². The van der Waals surface area contributed by atoms with Gasteiger partial charge in [-0.05, 0) is 47.2 Å². The smallest absolute Gasteiger partial charge is 0.161 e. The van der Waals surface area contributed by atoms with Gasteiger partial charge in [-0.25, -0.2) is 0 Å². The van der Waals surface area contributed by atoms with Crippen molar-refractivity contribution in [2.24, 2.45) is 0 Å². The maximum atomic E-state index is 13.0. The fourth-order valence-corrected chi connectivity index (χ4v) is 4.64. The van der Waals surface area contributed by atoms with E-state index in [-0.39, 0.29) is 11.7 Å². The van der Waals surface area contributed by atoms with E-state index in [4.69, 9.17) is 4.74 Å². The number of allylic oxidation sites excluding steroid dienone is 4. The Kier molecular flexibility index (Phi) is 3.57. The third-order valence-corrected chi connectivity index (χ3v) is 5.85. The number of ether oxygens (including phenoxy) is 1.